The van der Waals surface area contributed by atoms with Crippen molar-refractivity contribution in [2.75, 3.05) is 0 Å². The summed E-state index contributed by atoms with van der Waals surface area (Å²) in [6.07, 6.45) is 5.30. The van der Waals surface area contributed by atoms with Gasteiger partial charge in [0.25, 0.3) is 0 Å². The van der Waals surface area contributed by atoms with Gasteiger partial charge in [-0.15, -0.1) is 0 Å². The van der Waals surface area contributed by atoms with Crippen LogP contribution in [0.4, 0.5) is 0 Å². The average molecular weight is 419 g/mol. The predicted molar refractivity (Wildman–Crippen MR) is 133 cm³/mol. The minimum absolute atomic E-state index is 0.0847. The third-order valence-electron chi connectivity index (χ3n) is 6.48. The Morgan fingerprint density at radius 2 is 1.28 bits per heavy atom. The largest absolute Gasteiger partial charge is 0.481 e. The highest BCUT2D eigenvalue weighted by Crippen LogP contribution is 2.33. The molecule has 1 aliphatic rings. The van der Waals surface area contributed by atoms with Crippen molar-refractivity contribution in [3.8, 4) is 0 Å². The summed E-state index contributed by atoms with van der Waals surface area (Å²) in [5.74, 6) is -0.790. The first-order chi connectivity index (χ1) is 15.7. The van der Waals surface area contributed by atoms with Crippen LogP contribution in [0.1, 0.15) is 29.5 Å². The minimum atomic E-state index is -0.790. The summed E-state index contributed by atoms with van der Waals surface area (Å²) in [7, 11) is 0. The summed E-state index contributed by atoms with van der Waals surface area (Å²) in [5.41, 5.74) is 4.05. The molecule has 0 fully saturated rings. The van der Waals surface area contributed by atoms with E-state index in [4.69, 9.17) is 5.11 Å². The molecule has 0 aliphatic heterocycles. The van der Waals surface area contributed by atoms with Gasteiger partial charge >= 0.3 is 5.97 Å². The van der Waals surface area contributed by atoms with Crippen LogP contribution in [0.3, 0.4) is 0 Å². The van der Waals surface area contributed by atoms with E-state index in [0.717, 1.165) is 16.3 Å². The smallest absolute Gasteiger partial charge is 0.307 e. The molecule has 1 N–H and O–H groups in total. The molecule has 5 aromatic carbocycles. The zero-order valence-electron chi connectivity index (χ0n) is 18.1. The SMILES string of the molecule is O=C(O)Cc1cccc2ccccc12.c1ccc2c(c1)ccc1c3c(ccc12)CCCC3. The number of carboxylic acid groups (broad SMARTS) is 1. The molecule has 0 amide bonds. The average Bonchev–Trinajstić information content (AvgIpc) is 2.84. The summed E-state index contributed by atoms with van der Waals surface area (Å²) >= 11 is 0. The third kappa shape index (κ3) is 3.97. The van der Waals surface area contributed by atoms with E-state index < -0.39 is 5.97 Å². The van der Waals surface area contributed by atoms with E-state index in [0.29, 0.717) is 0 Å². The Hall–Kier alpha value is -3.65. The molecule has 0 saturated heterocycles. The minimum Gasteiger partial charge on any atom is -0.481 e. The van der Waals surface area contributed by atoms with E-state index in [1.54, 1.807) is 11.1 Å². The Balaban J connectivity index is 0.000000140. The molecule has 32 heavy (non-hydrogen) atoms. The van der Waals surface area contributed by atoms with E-state index in [1.807, 2.05) is 42.5 Å². The summed E-state index contributed by atoms with van der Waals surface area (Å²) in [6, 6.07) is 31.5. The van der Waals surface area contributed by atoms with Gasteiger partial charge < -0.3 is 5.11 Å². The van der Waals surface area contributed by atoms with E-state index in [-0.39, 0.29) is 6.42 Å². The zero-order valence-corrected chi connectivity index (χ0v) is 18.1. The summed E-state index contributed by atoms with van der Waals surface area (Å²) in [4.78, 5) is 10.6. The maximum Gasteiger partial charge on any atom is 0.307 e. The van der Waals surface area contributed by atoms with Crippen LogP contribution < -0.4 is 0 Å². The highest BCUT2D eigenvalue weighted by atomic mass is 16.4. The molecule has 2 nitrogen and oxygen atoms in total. The van der Waals surface area contributed by atoms with E-state index >= 15 is 0 Å². The Bertz CT molecular complexity index is 1430. The molecule has 0 atom stereocenters. The first kappa shape index (κ1) is 20.3. The van der Waals surface area contributed by atoms with Crippen LogP contribution in [0.25, 0.3) is 32.3 Å². The lowest BCUT2D eigenvalue weighted by atomic mass is 9.86. The normalized spacial score (nSPS) is 12.9. The summed E-state index contributed by atoms with van der Waals surface area (Å²) in [6.45, 7) is 0. The van der Waals surface area contributed by atoms with Crippen LogP contribution in [0.2, 0.25) is 0 Å². The molecule has 0 saturated carbocycles. The molecule has 0 bridgehead atoms. The molecule has 0 radical (unpaired) electrons. The van der Waals surface area contributed by atoms with Gasteiger partial charge in [-0.1, -0.05) is 91.0 Å². The highest BCUT2D eigenvalue weighted by Gasteiger charge is 2.13. The number of benzene rings is 5. The summed E-state index contributed by atoms with van der Waals surface area (Å²) < 4.78 is 0. The first-order valence-electron chi connectivity index (χ1n) is 11.3. The number of carboxylic acids is 1. The molecular formula is C30H26O2. The van der Waals surface area contributed by atoms with Gasteiger partial charge in [-0.25, -0.2) is 0 Å². The molecule has 2 heteroatoms. The molecule has 0 spiro atoms. The number of carbonyl (C=O) groups is 1. The maximum absolute atomic E-state index is 10.6. The van der Waals surface area contributed by atoms with Crippen molar-refractivity contribution in [2.45, 2.75) is 32.1 Å². The number of aryl methyl sites for hydroxylation is 2. The Labute approximate surface area is 188 Å². The Morgan fingerprint density at radius 1 is 0.625 bits per heavy atom. The van der Waals surface area contributed by atoms with Gasteiger partial charge in [-0.05, 0) is 74.7 Å². The van der Waals surface area contributed by atoms with Crippen molar-refractivity contribution in [3.63, 3.8) is 0 Å². The second-order valence-corrected chi connectivity index (χ2v) is 8.50. The molecule has 5 aromatic rings. The topological polar surface area (TPSA) is 37.3 Å². The standard InChI is InChI=1S/C18H16.C12H10O2/c1-3-7-15-13(5-1)9-11-18-16-8-4-2-6-14(16)10-12-17(15)18;13-12(14)8-10-6-3-5-9-4-1-2-7-11(9)10/h1,3,5,7,9-12H,2,4,6,8H2;1-7H,8H2,(H,13,14). The molecule has 0 unspecified atom stereocenters. The second kappa shape index (κ2) is 8.84. The van der Waals surface area contributed by atoms with Crippen LogP contribution in [0, 0.1) is 0 Å². The van der Waals surface area contributed by atoms with E-state index in [2.05, 4.69) is 48.5 Å². The van der Waals surface area contributed by atoms with E-state index in [1.165, 1.54) is 47.2 Å². The Morgan fingerprint density at radius 3 is 2.09 bits per heavy atom. The molecule has 0 heterocycles. The fourth-order valence-corrected chi connectivity index (χ4v) is 4.95. The van der Waals surface area contributed by atoms with Crippen LogP contribution in [-0.2, 0) is 24.1 Å². The van der Waals surface area contributed by atoms with Gasteiger partial charge in [0.2, 0.25) is 0 Å². The quantitative estimate of drug-likeness (QED) is 0.305. The van der Waals surface area contributed by atoms with E-state index in [9.17, 15) is 4.79 Å². The Kier molecular flexibility index (Phi) is 5.60. The highest BCUT2D eigenvalue weighted by molar-refractivity contribution is 6.08. The predicted octanol–water partition coefficient (Wildman–Crippen LogP) is 7.34. The van der Waals surface area contributed by atoms with Gasteiger partial charge in [0.05, 0.1) is 6.42 Å². The number of rotatable bonds is 2. The lowest BCUT2D eigenvalue weighted by Gasteiger charge is -2.18. The van der Waals surface area contributed by atoms with Crippen molar-refractivity contribution in [3.05, 3.63) is 108 Å². The molecule has 158 valence electrons. The van der Waals surface area contributed by atoms with Gasteiger partial charge in [0.15, 0.2) is 0 Å². The first-order valence-corrected chi connectivity index (χ1v) is 11.3. The van der Waals surface area contributed by atoms with Crippen molar-refractivity contribution in [1.29, 1.82) is 0 Å². The lowest BCUT2D eigenvalue weighted by molar-refractivity contribution is -0.136. The number of fused-ring (bicyclic) bond motifs is 6. The van der Waals surface area contributed by atoms with Gasteiger partial charge in [-0.3, -0.25) is 4.79 Å². The fraction of sp³-hybridized carbons (Fsp3) is 0.167. The van der Waals surface area contributed by atoms with Gasteiger partial charge in [0, 0.05) is 0 Å². The maximum atomic E-state index is 10.6. The number of aliphatic carboxylic acids is 1. The fourth-order valence-electron chi connectivity index (χ4n) is 4.95. The van der Waals surface area contributed by atoms with Crippen molar-refractivity contribution >= 4 is 38.3 Å². The van der Waals surface area contributed by atoms with Crippen LogP contribution >= 0.6 is 0 Å². The molecular weight excluding hydrogens is 392 g/mol. The van der Waals surface area contributed by atoms with Crippen molar-refractivity contribution in [2.24, 2.45) is 0 Å². The van der Waals surface area contributed by atoms with Crippen LogP contribution in [0.5, 0.6) is 0 Å². The molecule has 6 rings (SSSR count). The van der Waals surface area contributed by atoms with Crippen LogP contribution in [0.15, 0.2) is 91.0 Å². The number of hydrogen-bond acceptors (Lipinski definition) is 1. The molecule has 1 aliphatic carbocycles. The van der Waals surface area contributed by atoms with Gasteiger partial charge in [0.1, 0.15) is 0 Å². The van der Waals surface area contributed by atoms with Gasteiger partial charge in [-0.2, -0.15) is 0 Å². The lowest BCUT2D eigenvalue weighted by Crippen LogP contribution is -2.02. The van der Waals surface area contributed by atoms with Crippen molar-refractivity contribution < 1.29 is 9.90 Å². The molecule has 0 aromatic heterocycles. The second-order valence-electron chi connectivity index (χ2n) is 8.50. The zero-order chi connectivity index (χ0) is 21.9. The monoisotopic (exact) mass is 418 g/mol. The number of hydrogen-bond donors (Lipinski definition) is 1. The van der Waals surface area contributed by atoms with Crippen molar-refractivity contribution in [1.82, 2.24) is 0 Å². The third-order valence-corrected chi connectivity index (χ3v) is 6.48. The summed E-state index contributed by atoms with van der Waals surface area (Å²) in [5, 5.41) is 16.5. The van der Waals surface area contributed by atoms with Crippen LogP contribution in [-0.4, -0.2) is 11.1 Å².